The maximum Gasteiger partial charge on any atom is 0.224 e. The number of nitrogens with one attached hydrogen (secondary N) is 1. The summed E-state index contributed by atoms with van der Waals surface area (Å²) in [4.78, 5) is 26.2. The second kappa shape index (κ2) is 8.69. The molecule has 0 aliphatic carbocycles. The number of halogens is 2. The molecular weight excluding hydrogens is 394 g/mol. The molecule has 1 amide bonds. The Kier molecular flexibility index (Phi) is 5.83. The summed E-state index contributed by atoms with van der Waals surface area (Å²) in [5.74, 6) is -1.06. The van der Waals surface area contributed by atoms with Crippen molar-refractivity contribution in [3.05, 3.63) is 47.5 Å². The average Bonchev–Trinajstić information content (AvgIpc) is 3.25. The largest absolute Gasteiger partial charge is 0.486 e. The van der Waals surface area contributed by atoms with E-state index in [1.807, 2.05) is 0 Å². The summed E-state index contributed by atoms with van der Waals surface area (Å²) in [7, 11) is 0. The first-order chi connectivity index (χ1) is 14.5. The van der Waals surface area contributed by atoms with Crippen LogP contribution in [0.15, 0.2) is 30.3 Å². The zero-order chi connectivity index (χ0) is 21.1. The topological polar surface area (TPSA) is 67.9 Å². The second-order valence-corrected chi connectivity index (χ2v) is 7.31. The predicted octanol–water partition coefficient (Wildman–Crippen LogP) is 3.94. The third-order valence-corrected chi connectivity index (χ3v) is 5.17. The molecule has 0 spiro atoms. The van der Waals surface area contributed by atoms with Gasteiger partial charge in [0, 0.05) is 37.2 Å². The first kappa shape index (κ1) is 20.1. The lowest BCUT2D eigenvalue weighted by Crippen LogP contribution is -2.21. The Balaban J connectivity index is 1.35. The van der Waals surface area contributed by atoms with Crippen molar-refractivity contribution in [3.8, 4) is 11.5 Å². The van der Waals surface area contributed by atoms with Gasteiger partial charge >= 0.3 is 0 Å². The number of carbonyl (C=O) groups excluding carboxylic acids is 2. The Labute approximate surface area is 172 Å². The minimum Gasteiger partial charge on any atom is -0.486 e. The van der Waals surface area contributed by atoms with Gasteiger partial charge < -0.3 is 19.7 Å². The Morgan fingerprint density at radius 2 is 1.60 bits per heavy atom. The number of hydrogen-bond acceptors (Lipinski definition) is 5. The highest BCUT2D eigenvalue weighted by Crippen LogP contribution is 2.32. The number of nitrogens with zero attached hydrogens (tertiary/aromatic N) is 1. The van der Waals surface area contributed by atoms with Gasteiger partial charge in [-0.1, -0.05) is 0 Å². The lowest BCUT2D eigenvalue weighted by atomic mass is 10.1. The van der Waals surface area contributed by atoms with Crippen LogP contribution in [0.1, 0.15) is 36.0 Å². The highest BCUT2D eigenvalue weighted by Gasteiger charge is 2.22. The van der Waals surface area contributed by atoms with E-state index < -0.39 is 17.5 Å². The molecule has 0 radical (unpaired) electrons. The van der Waals surface area contributed by atoms with Crippen molar-refractivity contribution in [2.45, 2.75) is 25.7 Å². The summed E-state index contributed by atoms with van der Waals surface area (Å²) in [5, 5.41) is 2.46. The van der Waals surface area contributed by atoms with Gasteiger partial charge in [-0.2, -0.15) is 0 Å². The molecular formula is C22H22F2N2O4. The maximum absolute atomic E-state index is 14.4. The number of anilines is 2. The summed E-state index contributed by atoms with van der Waals surface area (Å²) in [6, 6.07) is 7.09. The molecule has 6 nitrogen and oxygen atoms in total. The van der Waals surface area contributed by atoms with Crippen molar-refractivity contribution >= 4 is 23.1 Å². The molecule has 8 heteroatoms. The number of ketones is 1. The van der Waals surface area contributed by atoms with Gasteiger partial charge in [-0.05, 0) is 43.2 Å². The molecule has 2 aliphatic heterocycles. The molecule has 2 aromatic carbocycles. The molecule has 4 rings (SSSR count). The van der Waals surface area contributed by atoms with E-state index in [1.165, 1.54) is 0 Å². The minimum absolute atomic E-state index is 0.0322. The molecule has 0 aromatic heterocycles. The highest BCUT2D eigenvalue weighted by atomic mass is 19.1. The number of rotatable bonds is 6. The molecule has 2 aliphatic rings. The molecule has 2 aromatic rings. The fourth-order valence-electron chi connectivity index (χ4n) is 3.69. The minimum atomic E-state index is -0.709. The van der Waals surface area contributed by atoms with E-state index in [4.69, 9.17) is 9.47 Å². The Hall–Kier alpha value is -3.16. The third kappa shape index (κ3) is 4.37. The summed E-state index contributed by atoms with van der Waals surface area (Å²) >= 11 is 0. The van der Waals surface area contributed by atoms with Crippen LogP contribution in [0.25, 0.3) is 0 Å². The van der Waals surface area contributed by atoms with Crippen LogP contribution < -0.4 is 19.7 Å². The number of carbonyl (C=O) groups is 2. The molecule has 0 bridgehead atoms. The second-order valence-electron chi connectivity index (χ2n) is 7.31. The number of Topliss-reactive ketones (excluding diaryl/α,β-unsaturated/α-hetero) is 1. The number of hydrogen-bond donors (Lipinski definition) is 1. The quantitative estimate of drug-likeness (QED) is 0.723. The average molecular weight is 416 g/mol. The molecule has 30 heavy (non-hydrogen) atoms. The highest BCUT2D eigenvalue weighted by molar-refractivity contribution is 6.00. The van der Waals surface area contributed by atoms with Crippen molar-refractivity contribution in [1.82, 2.24) is 0 Å². The lowest BCUT2D eigenvalue weighted by Gasteiger charge is -2.20. The fraction of sp³-hybridized carbons (Fsp3) is 0.364. The number of ether oxygens (including phenoxy) is 2. The van der Waals surface area contributed by atoms with Crippen molar-refractivity contribution < 1.29 is 27.8 Å². The number of benzene rings is 2. The van der Waals surface area contributed by atoms with E-state index in [2.05, 4.69) is 5.32 Å². The van der Waals surface area contributed by atoms with E-state index in [-0.39, 0.29) is 30.0 Å². The van der Waals surface area contributed by atoms with Crippen LogP contribution in [0.5, 0.6) is 11.5 Å². The Morgan fingerprint density at radius 3 is 2.30 bits per heavy atom. The first-order valence-corrected chi connectivity index (χ1v) is 9.98. The summed E-state index contributed by atoms with van der Waals surface area (Å²) in [6.07, 6.45) is 1.65. The van der Waals surface area contributed by atoms with Crippen LogP contribution in [-0.2, 0) is 4.79 Å². The number of fused-ring (bicyclic) bond motifs is 1. The predicted molar refractivity (Wildman–Crippen MR) is 107 cm³/mol. The van der Waals surface area contributed by atoms with Crippen molar-refractivity contribution in [2.24, 2.45) is 0 Å². The SMILES string of the molecule is O=C(CCC(=O)c1ccc2c(c1)OCCO2)Nc1cc(F)c(N2CCCC2)c(F)c1. The van der Waals surface area contributed by atoms with E-state index >= 15 is 0 Å². The van der Waals surface area contributed by atoms with Crippen LogP contribution in [0.3, 0.4) is 0 Å². The van der Waals surface area contributed by atoms with E-state index in [0.717, 1.165) is 25.0 Å². The summed E-state index contributed by atoms with van der Waals surface area (Å²) in [6.45, 7) is 2.10. The molecule has 0 atom stereocenters. The van der Waals surface area contributed by atoms with Gasteiger partial charge in [0.05, 0.1) is 0 Å². The Bertz CT molecular complexity index is 951. The fourth-order valence-corrected chi connectivity index (χ4v) is 3.69. The van der Waals surface area contributed by atoms with Gasteiger partial charge in [0.15, 0.2) is 28.9 Å². The first-order valence-electron chi connectivity index (χ1n) is 9.98. The molecule has 1 N–H and O–H groups in total. The third-order valence-electron chi connectivity index (χ3n) is 5.17. The molecule has 1 saturated heterocycles. The van der Waals surface area contributed by atoms with E-state index in [1.54, 1.807) is 23.1 Å². The molecule has 1 fully saturated rings. The van der Waals surface area contributed by atoms with Crippen LogP contribution >= 0.6 is 0 Å². The monoisotopic (exact) mass is 416 g/mol. The van der Waals surface area contributed by atoms with E-state index in [9.17, 15) is 18.4 Å². The van der Waals surface area contributed by atoms with Gasteiger partial charge in [0.2, 0.25) is 5.91 Å². The summed E-state index contributed by atoms with van der Waals surface area (Å²) in [5.41, 5.74) is 0.392. The van der Waals surface area contributed by atoms with Crippen molar-refractivity contribution in [2.75, 3.05) is 36.5 Å². The standard InChI is InChI=1S/C22H22F2N2O4/c23-16-12-15(13-17(24)22(16)26-7-1-2-8-26)25-21(28)6-4-18(27)14-3-5-19-20(11-14)30-10-9-29-19/h3,5,11-13H,1-2,4,6-10H2,(H,25,28). The van der Waals surface area contributed by atoms with Crippen LogP contribution in [-0.4, -0.2) is 38.0 Å². The normalized spacial score (nSPS) is 15.2. The smallest absolute Gasteiger partial charge is 0.224 e. The molecule has 0 saturated carbocycles. The summed E-state index contributed by atoms with van der Waals surface area (Å²) < 4.78 is 39.6. The van der Waals surface area contributed by atoms with Crippen molar-refractivity contribution in [3.63, 3.8) is 0 Å². The van der Waals surface area contributed by atoms with Crippen LogP contribution in [0.2, 0.25) is 0 Å². The Morgan fingerprint density at radius 1 is 0.933 bits per heavy atom. The van der Waals surface area contributed by atoms with Gasteiger partial charge in [0.25, 0.3) is 0 Å². The van der Waals surface area contributed by atoms with Gasteiger partial charge in [0.1, 0.15) is 18.9 Å². The van der Waals surface area contributed by atoms with Crippen molar-refractivity contribution in [1.29, 1.82) is 0 Å². The molecule has 158 valence electrons. The molecule has 2 heterocycles. The molecule has 0 unspecified atom stereocenters. The number of amides is 1. The van der Waals surface area contributed by atoms with E-state index in [0.29, 0.717) is 43.4 Å². The maximum atomic E-state index is 14.4. The van der Waals surface area contributed by atoms with Crippen LogP contribution in [0.4, 0.5) is 20.2 Å². The zero-order valence-corrected chi connectivity index (χ0v) is 16.4. The van der Waals surface area contributed by atoms with Crippen LogP contribution in [0, 0.1) is 11.6 Å². The zero-order valence-electron chi connectivity index (χ0n) is 16.4. The lowest BCUT2D eigenvalue weighted by molar-refractivity contribution is -0.116. The van der Waals surface area contributed by atoms with Gasteiger partial charge in [-0.15, -0.1) is 0 Å². The van der Waals surface area contributed by atoms with Gasteiger partial charge in [-0.25, -0.2) is 8.78 Å². The van der Waals surface area contributed by atoms with Gasteiger partial charge in [-0.3, -0.25) is 9.59 Å².